The van der Waals surface area contributed by atoms with Crippen LogP contribution in [0.25, 0.3) is 11.1 Å². The van der Waals surface area contributed by atoms with E-state index in [0.717, 1.165) is 11.8 Å². The van der Waals surface area contributed by atoms with Crippen molar-refractivity contribution in [2.45, 2.75) is 44.4 Å². The maximum absolute atomic E-state index is 13.4. The molecule has 16 nitrogen and oxygen atoms in total. The molecule has 0 radical (unpaired) electrons. The van der Waals surface area contributed by atoms with Gasteiger partial charge in [-0.1, -0.05) is 36.4 Å². The van der Waals surface area contributed by atoms with Gasteiger partial charge in [0.15, 0.2) is 0 Å². The molecule has 272 valence electrons. The molecule has 1 aliphatic heterocycles. The molecule has 5 rings (SSSR count). The summed E-state index contributed by atoms with van der Waals surface area (Å²) < 4.78 is 39.9. The molecule has 3 atom stereocenters. The summed E-state index contributed by atoms with van der Waals surface area (Å²) in [6.45, 7) is -0.605. The molecule has 0 bridgehead atoms. The lowest BCUT2D eigenvalue weighted by molar-refractivity contribution is -0.385. The van der Waals surface area contributed by atoms with Crippen molar-refractivity contribution in [2.75, 3.05) is 12.8 Å². The number of nitrogens with one attached hydrogen (secondary N) is 1. The van der Waals surface area contributed by atoms with Crippen LogP contribution in [-0.2, 0) is 43.5 Å². The van der Waals surface area contributed by atoms with Crippen molar-refractivity contribution >= 4 is 33.7 Å². The normalized spacial score (nSPS) is 16.2. The number of benzene rings is 4. The number of ether oxygens (including phenoxy) is 2. The van der Waals surface area contributed by atoms with Crippen LogP contribution in [0, 0.1) is 20.2 Å². The molecule has 0 aromatic heterocycles. The number of aliphatic hydroxyl groups excluding tert-OH is 1. The summed E-state index contributed by atoms with van der Waals surface area (Å²) in [5.74, 6) is 0. The highest BCUT2D eigenvalue weighted by atomic mass is 32.2. The number of non-ortho nitro benzene ring substituents is 2. The average Bonchev–Trinajstić information content (AvgIpc) is 3.54. The van der Waals surface area contributed by atoms with Crippen molar-refractivity contribution in [3.8, 4) is 11.1 Å². The highest BCUT2D eigenvalue weighted by Gasteiger charge is 2.42. The third-order valence-corrected chi connectivity index (χ3v) is 8.76. The number of rotatable bonds is 13. The first-order chi connectivity index (χ1) is 24.8. The summed E-state index contributed by atoms with van der Waals surface area (Å²) in [6, 6.07) is 24.4. The van der Waals surface area contributed by atoms with E-state index in [2.05, 4.69) is 5.32 Å². The molecule has 1 aliphatic rings. The molecule has 1 saturated heterocycles. The molecule has 2 N–H and O–H groups in total. The molecular formula is C35H34N4O12S. The van der Waals surface area contributed by atoms with Crippen LogP contribution in [0.2, 0.25) is 0 Å². The van der Waals surface area contributed by atoms with Crippen LogP contribution < -0.4 is 5.32 Å². The van der Waals surface area contributed by atoms with Crippen molar-refractivity contribution < 1.29 is 46.6 Å². The number of hydrogen-bond donors (Lipinski definition) is 2. The molecule has 0 saturated carbocycles. The van der Waals surface area contributed by atoms with E-state index >= 15 is 0 Å². The van der Waals surface area contributed by atoms with Crippen molar-refractivity contribution in [3.63, 3.8) is 0 Å². The van der Waals surface area contributed by atoms with E-state index in [1.165, 1.54) is 53.4 Å². The van der Waals surface area contributed by atoms with Gasteiger partial charge in [-0.3, -0.25) is 29.3 Å². The van der Waals surface area contributed by atoms with Crippen LogP contribution in [0.15, 0.2) is 97.1 Å². The number of nitro benzene ring substituents is 2. The van der Waals surface area contributed by atoms with E-state index in [4.69, 9.17) is 13.7 Å². The van der Waals surface area contributed by atoms with Crippen molar-refractivity contribution in [1.29, 1.82) is 0 Å². The Bertz CT molecular complexity index is 2030. The Kier molecular flexibility index (Phi) is 11.8. The van der Waals surface area contributed by atoms with Gasteiger partial charge in [0.25, 0.3) is 21.5 Å². The van der Waals surface area contributed by atoms with Crippen LogP contribution >= 0.6 is 0 Å². The fourth-order valence-corrected chi connectivity index (χ4v) is 6.33. The first kappa shape index (κ1) is 37.3. The predicted octanol–water partition coefficient (Wildman–Crippen LogP) is 5.39. The number of hydrogen-bond acceptors (Lipinski definition) is 12. The van der Waals surface area contributed by atoms with Crippen LogP contribution in [0.5, 0.6) is 0 Å². The minimum absolute atomic E-state index is 0.0229. The van der Waals surface area contributed by atoms with E-state index < -0.39 is 50.4 Å². The molecule has 0 aliphatic carbocycles. The van der Waals surface area contributed by atoms with E-state index in [0.29, 0.717) is 27.8 Å². The van der Waals surface area contributed by atoms with Crippen LogP contribution in [0.4, 0.5) is 21.0 Å². The highest BCUT2D eigenvalue weighted by molar-refractivity contribution is 7.86. The van der Waals surface area contributed by atoms with E-state index in [1.54, 1.807) is 12.1 Å². The molecule has 1 heterocycles. The Morgan fingerprint density at radius 1 is 0.846 bits per heavy atom. The number of nitro groups is 2. The third-order valence-electron chi connectivity index (χ3n) is 8.14. The maximum atomic E-state index is 13.4. The lowest BCUT2D eigenvalue weighted by Crippen LogP contribution is -2.40. The fourth-order valence-electron chi connectivity index (χ4n) is 5.69. The maximum Gasteiger partial charge on any atom is 0.410 e. The minimum Gasteiger partial charge on any atom is -0.445 e. The van der Waals surface area contributed by atoms with Crippen molar-refractivity contribution in [3.05, 3.63) is 140 Å². The van der Waals surface area contributed by atoms with Crippen molar-refractivity contribution in [2.24, 2.45) is 0 Å². The van der Waals surface area contributed by atoms with Gasteiger partial charge in [-0.05, 0) is 69.8 Å². The Morgan fingerprint density at radius 2 is 1.42 bits per heavy atom. The quantitative estimate of drug-likeness (QED) is 0.100. The molecule has 4 aromatic carbocycles. The fraction of sp³-hybridized carbons (Fsp3) is 0.257. The van der Waals surface area contributed by atoms with Gasteiger partial charge in [0.05, 0.1) is 40.9 Å². The number of aliphatic hydroxyl groups is 1. The van der Waals surface area contributed by atoms with E-state index in [-0.39, 0.29) is 44.1 Å². The first-order valence-corrected chi connectivity index (χ1v) is 17.6. The number of amides is 2. The Balaban J connectivity index is 1.34. The summed E-state index contributed by atoms with van der Waals surface area (Å²) in [5, 5.41) is 36.3. The topological polar surface area (TPSA) is 218 Å². The van der Waals surface area contributed by atoms with Gasteiger partial charge in [0.1, 0.15) is 13.2 Å². The Morgan fingerprint density at radius 3 is 1.98 bits per heavy atom. The van der Waals surface area contributed by atoms with Gasteiger partial charge in [0, 0.05) is 37.2 Å². The van der Waals surface area contributed by atoms with Gasteiger partial charge in [-0.25, -0.2) is 9.59 Å². The second kappa shape index (κ2) is 16.4. The standard InChI is InChI=1S/C35H34N4O12S/c1-52(47,48)51-31-18-32(37(20-31)35(42)50-22-24-9-13-30(14-10-24)39(45)46)33(40)28-16-25(15-27(17-28)26-5-3-2-4-6-26)19-36-34(41)49-21-23-7-11-29(12-8-23)38(43)44/h2-17,31-33,40H,18-22H2,1H3,(H,36,41). The zero-order valence-electron chi connectivity index (χ0n) is 27.7. The average molecular weight is 735 g/mol. The summed E-state index contributed by atoms with van der Waals surface area (Å²) in [4.78, 5) is 47.9. The van der Waals surface area contributed by atoms with Gasteiger partial charge in [-0.2, -0.15) is 8.42 Å². The molecular weight excluding hydrogens is 700 g/mol. The van der Waals surface area contributed by atoms with Gasteiger partial charge < -0.3 is 19.9 Å². The van der Waals surface area contributed by atoms with Gasteiger partial charge >= 0.3 is 12.2 Å². The molecule has 2 amide bonds. The molecule has 0 spiro atoms. The molecule has 17 heteroatoms. The number of carbonyl (C=O) groups excluding carboxylic acids is 2. The lowest BCUT2D eigenvalue weighted by Gasteiger charge is -2.28. The van der Waals surface area contributed by atoms with Crippen molar-refractivity contribution in [1.82, 2.24) is 10.2 Å². The zero-order chi connectivity index (χ0) is 37.4. The summed E-state index contributed by atoms with van der Waals surface area (Å²) in [6.07, 6.45) is -3.14. The Labute approximate surface area is 298 Å². The Hall–Kier alpha value is -5.91. The largest absolute Gasteiger partial charge is 0.445 e. The monoisotopic (exact) mass is 734 g/mol. The number of carbonyl (C=O) groups is 2. The summed E-state index contributed by atoms with van der Waals surface area (Å²) >= 11 is 0. The second-order valence-corrected chi connectivity index (χ2v) is 13.6. The second-order valence-electron chi connectivity index (χ2n) is 12.0. The third kappa shape index (κ3) is 10.1. The summed E-state index contributed by atoms with van der Waals surface area (Å²) in [5.41, 5.74) is 3.19. The first-order valence-electron chi connectivity index (χ1n) is 15.8. The molecule has 4 aromatic rings. The van der Waals surface area contributed by atoms with Gasteiger partial charge in [-0.15, -0.1) is 0 Å². The van der Waals surface area contributed by atoms with E-state index in [1.807, 2.05) is 36.4 Å². The van der Waals surface area contributed by atoms with E-state index in [9.17, 15) is 43.3 Å². The SMILES string of the molecule is CS(=O)(=O)OC1CC(C(O)c2cc(CNC(=O)OCc3ccc([N+](=O)[O-])cc3)cc(-c3ccccc3)c2)N(C(=O)OCc2ccc([N+](=O)[O-])cc2)C1. The number of likely N-dealkylation sites (tertiary alicyclic amines) is 1. The highest BCUT2D eigenvalue weighted by Crippen LogP contribution is 2.35. The minimum atomic E-state index is -3.92. The predicted molar refractivity (Wildman–Crippen MR) is 185 cm³/mol. The zero-order valence-corrected chi connectivity index (χ0v) is 28.5. The lowest BCUT2D eigenvalue weighted by atomic mass is 9.93. The summed E-state index contributed by atoms with van der Waals surface area (Å²) in [7, 11) is -3.92. The van der Waals surface area contributed by atoms with Crippen LogP contribution in [0.1, 0.15) is 34.8 Å². The molecule has 1 fully saturated rings. The van der Waals surface area contributed by atoms with Crippen LogP contribution in [0.3, 0.4) is 0 Å². The molecule has 52 heavy (non-hydrogen) atoms. The van der Waals surface area contributed by atoms with Gasteiger partial charge in [0.2, 0.25) is 0 Å². The number of nitrogens with zero attached hydrogens (tertiary/aromatic N) is 3. The van der Waals surface area contributed by atoms with Crippen LogP contribution in [-0.4, -0.2) is 65.4 Å². The smallest absolute Gasteiger partial charge is 0.410 e. The molecule has 3 unspecified atom stereocenters. The number of alkyl carbamates (subject to hydrolysis) is 1.